The Hall–Kier alpha value is -4.22. The third-order valence-electron chi connectivity index (χ3n) is 4.39. The van der Waals surface area contributed by atoms with Gasteiger partial charge in [0.2, 0.25) is 11.8 Å². The Morgan fingerprint density at radius 3 is 1.47 bits per heavy atom. The first-order chi connectivity index (χ1) is 15.2. The van der Waals surface area contributed by atoms with E-state index in [1.807, 2.05) is 0 Å². The number of nitrogens with one attached hydrogen (secondary N) is 2. The summed E-state index contributed by atoms with van der Waals surface area (Å²) in [5, 5.41) is 27.0. The van der Waals surface area contributed by atoms with E-state index in [9.17, 15) is 29.8 Å². The molecular weight excluding hydrogens is 424 g/mol. The third-order valence-corrected chi connectivity index (χ3v) is 4.39. The van der Waals surface area contributed by atoms with Crippen LogP contribution in [-0.4, -0.2) is 35.9 Å². The number of unbranched alkanes of at least 4 members (excludes halogenated alkanes) is 1. The van der Waals surface area contributed by atoms with Gasteiger partial charge in [-0.15, -0.1) is 0 Å². The minimum Gasteiger partial charge on any atom is -0.495 e. The Bertz CT molecular complexity index is 943. The fraction of sp³-hybridized carbons (Fsp3) is 0.300. The number of carbonyl (C=O) groups is 2. The first-order valence-electron chi connectivity index (χ1n) is 9.49. The minimum absolute atomic E-state index is 0.0826. The molecule has 0 aliphatic rings. The summed E-state index contributed by atoms with van der Waals surface area (Å²) in [7, 11) is 2.76. The zero-order chi connectivity index (χ0) is 23.7. The molecule has 12 nitrogen and oxygen atoms in total. The van der Waals surface area contributed by atoms with Crippen LogP contribution in [0, 0.1) is 20.2 Å². The van der Waals surface area contributed by atoms with Gasteiger partial charge in [-0.25, -0.2) is 0 Å². The Morgan fingerprint density at radius 1 is 0.781 bits per heavy atom. The van der Waals surface area contributed by atoms with Crippen molar-refractivity contribution in [2.24, 2.45) is 0 Å². The van der Waals surface area contributed by atoms with Crippen molar-refractivity contribution in [3.8, 4) is 11.5 Å². The van der Waals surface area contributed by atoms with Crippen molar-refractivity contribution in [3.63, 3.8) is 0 Å². The maximum atomic E-state index is 12.2. The van der Waals surface area contributed by atoms with Gasteiger partial charge >= 0.3 is 0 Å². The smallest absolute Gasteiger partial charge is 0.271 e. The van der Waals surface area contributed by atoms with E-state index in [2.05, 4.69) is 10.6 Å². The topological polar surface area (TPSA) is 163 Å². The molecule has 0 aliphatic carbocycles. The molecule has 0 aliphatic heterocycles. The second-order valence-electron chi connectivity index (χ2n) is 6.59. The highest BCUT2D eigenvalue weighted by Gasteiger charge is 2.15. The zero-order valence-corrected chi connectivity index (χ0v) is 17.5. The van der Waals surface area contributed by atoms with Crippen molar-refractivity contribution in [1.29, 1.82) is 0 Å². The van der Waals surface area contributed by atoms with Gasteiger partial charge in [-0.3, -0.25) is 29.8 Å². The quantitative estimate of drug-likeness (QED) is 0.300. The van der Waals surface area contributed by atoms with Crippen molar-refractivity contribution in [2.45, 2.75) is 25.7 Å². The van der Waals surface area contributed by atoms with Crippen molar-refractivity contribution in [2.75, 3.05) is 24.9 Å². The fourth-order valence-electron chi connectivity index (χ4n) is 2.81. The maximum absolute atomic E-state index is 12.2. The van der Waals surface area contributed by atoms with Crippen LogP contribution in [-0.2, 0) is 9.59 Å². The van der Waals surface area contributed by atoms with Crippen LogP contribution in [0.3, 0.4) is 0 Å². The Kier molecular flexibility index (Phi) is 8.45. The number of carbonyl (C=O) groups excluding carboxylic acids is 2. The van der Waals surface area contributed by atoms with Crippen LogP contribution >= 0.6 is 0 Å². The zero-order valence-electron chi connectivity index (χ0n) is 17.5. The van der Waals surface area contributed by atoms with E-state index in [1.54, 1.807) is 0 Å². The van der Waals surface area contributed by atoms with Gasteiger partial charge < -0.3 is 20.1 Å². The van der Waals surface area contributed by atoms with E-state index in [4.69, 9.17) is 9.47 Å². The van der Waals surface area contributed by atoms with Gasteiger partial charge in [0, 0.05) is 37.1 Å². The summed E-state index contributed by atoms with van der Waals surface area (Å²) in [5.74, 6) is -0.197. The molecule has 2 rings (SSSR count). The van der Waals surface area contributed by atoms with Crippen molar-refractivity contribution in [3.05, 3.63) is 56.6 Å². The average molecular weight is 446 g/mol. The van der Waals surface area contributed by atoms with Crippen molar-refractivity contribution < 1.29 is 28.9 Å². The largest absolute Gasteiger partial charge is 0.495 e. The van der Waals surface area contributed by atoms with E-state index in [0.717, 1.165) is 0 Å². The SMILES string of the molecule is COc1ccc([N+](=O)[O-])cc1NC(=O)CCCCC(=O)Nc1cc([N+](=O)[O-])ccc1OC. The number of ether oxygens (including phenoxy) is 2. The Labute approximate surface area is 182 Å². The number of nitro groups is 2. The maximum Gasteiger partial charge on any atom is 0.271 e. The lowest BCUT2D eigenvalue weighted by atomic mass is 10.1. The predicted molar refractivity (Wildman–Crippen MR) is 115 cm³/mol. The molecule has 170 valence electrons. The molecule has 0 bridgehead atoms. The van der Waals surface area contributed by atoms with Gasteiger partial charge in [0.25, 0.3) is 11.4 Å². The van der Waals surface area contributed by atoms with Gasteiger partial charge in [0.1, 0.15) is 11.5 Å². The number of hydrogen-bond donors (Lipinski definition) is 2. The number of non-ortho nitro benzene ring substituents is 2. The number of nitrogens with zero attached hydrogens (tertiary/aromatic N) is 2. The van der Waals surface area contributed by atoms with Crippen LogP contribution in [0.2, 0.25) is 0 Å². The number of nitro benzene ring substituents is 2. The lowest BCUT2D eigenvalue weighted by Crippen LogP contribution is -2.14. The summed E-state index contributed by atoms with van der Waals surface area (Å²) in [5.41, 5.74) is -0.00637. The molecule has 2 amide bonds. The molecule has 0 saturated heterocycles. The van der Waals surface area contributed by atoms with Crippen LogP contribution in [0.5, 0.6) is 11.5 Å². The van der Waals surface area contributed by atoms with E-state index >= 15 is 0 Å². The third kappa shape index (κ3) is 6.65. The van der Waals surface area contributed by atoms with Crippen molar-refractivity contribution in [1.82, 2.24) is 0 Å². The highest BCUT2D eigenvalue weighted by Crippen LogP contribution is 2.30. The van der Waals surface area contributed by atoms with Gasteiger partial charge in [0.15, 0.2) is 0 Å². The average Bonchev–Trinajstić information content (AvgIpc) is 2.76. The number of anilines is 2. The second kappa shape index (κ2) is 11.2. The molecule has 0 heterocycles. The highest BCUT2D eigenvalue weighted by atomic mass is 16.6. The molecule has 0 radical (unpaired) electrons. The van der Waals surface area contributed by atoms with E-state index in [-0.39, 0.29) is 58.9 Å². The van der Waals surface area contributed by atoms with Crippen LogP contribution in [0.1, 0.15) is 25.7 Å². The molecule has 2 aromatic rings. The number of methoxy groups -OCH3 is 2. The van der Waals surface area contributed by atoms with Crippen molar-refractivity contribution >= 4 is 34.6 Å². The Morgan fingerprint density at radius 2 is 1.16 bits per heavy atom. The summed E-state index contributed by atoms with van der Waals surface area (Å²) in [4.78, 5) is 45.0. The van der Waals surface area contributed by atoms with Gasteiger partial charge in [-0.1, -0.05) is 0 Å². The van der Waals surface area contributed by atoms with Gasteiger partial charge in [0.05, 0.1) is 35.4 Å². The second-order valence-corrected chi connectivity index (χ2v) is 6.59. The summed E-state index contributed by atoms with van der Waals surface area (Å²) < 4.78 is 10.2. The molecule has 0 unspecified atom stereocenters. The molecule has 32 heavy (non-hydrogen) atoms. The Balaban J connectivity index is 1.85. The van der Waals surface area contributed by atoms with E-state index in [0.29, 0.717) is 12.8 Å². The number of hydrogen-bond acceptors (Lipinski definition) is 8. The van der Waals surface area contributed by atoms with Gasteiger partial charge in [-0.2, -0.15) is 0 Å². The van der Waals surface area contributed by atoms with Crippen LogP contribution in [0.15, 0.2) is 36.4 Å². The monoisotopic (exact) mass is 446 g/mol. The molecular formula is C20H22N4O8. The molecule has 0 aromatic heterocycles. The summed E-state index contributed by atoms with van der Waals surface area (Å²) in [6, 6.07) is 7.72. The van der Waals surface area contributed by atoms with Crippen LogP contribution in [0.4, 0.5) is 22.7 Å². The molecule has 0 saturated carbocycles. The first kappa shape index (κ1) is 24.1. The van der Waals surface area contributed by atoms with Gasteiger partial charge in [-0.05, 0) is 25.0 Å². The molecule has 2 N–H and O–H groups in total. The van der Waals surface area contributed by atoms with E-state index < -0.39 is 9.85 Å². The molecule has 2 aromatic carbocycles. The minimum atomic E-state index is -0.579. The van der Waals surface area contributed by atoms with E-state index in [1.165, 1.54) is 50.6 Å². The number of benzene rings is 2. The highest BCUT2D eigenvalue weighted by molar-refractivity contribution is 5.93. The standard InChI is InChI=1S/C20H22N4O8/c1-31-17-9-7-13(23(27)28)11-15(17)21-19(25)5-3-4-6-20(26)22-16-12-14(24(29)30)8-10-18(16)32-2/h7-12H,3-6H2,1-2H3,(H,21,25)(H,22,26). The fourth-order valence-corrected chi connectivity index (χ4v) is 2.81. The first-order valence-corrected chi connectivity index (χ1v) is 9.49. The lowest BCUT2D eigenvalue weighted by molar-refractivity contribution is -0.385. The molecule has 0 spiro atoms. The van der Waals surface area contributed by atoms with Crippen LogP contribution < -0.4 is 20.1 Å². The molecule has 0 fully saturated rings. The molecule has 0 atom stereocenters. The number of rotatable bonds is 11. The summed E-state index contributed by atoms with van der Waals surface area (Å²) >= 11 is 0. The molecule has 12 heteroatoms. The normalized spacial score (nSPS) is 10.2. The summed E-state index contributed by atoms with van der Waals surface area (Å²) in [6.45, 7) is 0. The summed E-state index contributed by atoms with van der Waals surface area (Å²) in [6.07, 6.45) is 0.920. The number of amides is 2. The predicted octanol–water partition coefficient (Wildman–Crippen LogP) is 3.66. The lowest BCUT2D eigenvalue weighted by Gasteiger charge is -2.11. The van der Waals surface area contributed by atoms with Crippen LogP contribution in [0.25, 0.3) is 0 Å².